The molecule has 3 saturated heterocycles. The van der Waals surface area contributed by atoms with Crippen molar-refractivity contribution in [2.75, 3.05) is 61.5 Å². The molecule has 0 aliphatic carbocycles. The Morgan fingerprint density at radius 3 is 2.40 bits per heavy atom. The SMILES string of the molecule is Cc1c(C#Cc2cnc3ccc(N4CCC(OC5CCN(C(=O)CCCOCCNc6cccc7c6C(=O)N(C6CCC(=O)NC6=O)C7=O)CC5)CC4)nn23)cccc1C(=O)Nc1cc(Cl)cc(C(F)(F)F)c1. The van der Waals surface area contributed by atoms with Gasteiger partial charge in [-0.25, -0.2) is 9.50 Å². The van der Waals surface area contributed by atoms with Crippen LogP contribution in [0.15, 0.2) is 72.9 Å². The normalized spacial score (nSPS) is 17.7. The number of halogens is 4. The Morgan fingerprint density at radius 1 is 0.890 bits per heavy atom. The van der Waals surface area contributed by atoms with Crippen molar-refractivity contribution in [3.8, 4) is 11.8 Å². The van der Waals surface area contributed by atoms with Crippen LogP contribution in [0.5, 0.6) is 0 Å². The summed E-state index contributed by atoms with van der Waals surface area (Å²) in [6, 6.07) is 15.5. The van der Waals surface area contributed by atoms with Crippen molar-refractivity contribution in [3.05, 3.63) is 117 Å². The summed E-state index contributed by atoms with van der Waals surface area (Å²) >= 11 is 5.91. The molecule has 4 aliphatic rings. The summed E-state index contributed by atoms with van der Waals surface area (Å²) < 4.78 is 54.0. The maximum Gasteiger partial charge on any atom is 0.416 e. The van der Waals surface area contributed by atoms with Gasteiger partial charge in [0, 0.05) is 79.7 Å². The maximum absolute atomic E-state index is 13.4. The molecule has 6 amide bonds. The highest BCUT2D eigenvalue weighted by Gasteiger charge is 2.45. The van der Waals surface area contributed by atoms with E-state index < -0.39 is 47.3 Å². The fourth-order valence-electron chi connectivity index (χ4n) is 9.53. The molecule has 3 fully saturated rings. The number of alkyl halides is 3. The number of nitrogens with one attached hydrogen (secondary N) is 3. The zero-order valence-electron chi connectivity index (χ0n) is 39.7. The number of anilines is 3. The highest BCUT2D eigenvalue weighted by atomic mass is 35.5. The molecule has 73 heavy (non-hydrogen) atoms. The average Bonchev–Trinajstić information content (AvgIpc) is 3.89. The number of nitrogens with zero attached hydrogens (tertiary/aromatic N) is 6. The highest BCUT2D eigenvalue weighted by Crippen LogP contribution is 2.35. The molecular weight excluding hydrogens is 971 g/mol. The summed E-state index contributed by atoms with van der Waals surface area (Å²) in [5.74, 6) is 4.20. The second-order valence-corrected chi connectivity index (χ2v) is 18.7. The van der Waals surface area contributed by atoms with Gasteiger partial charge in [0.25, 0.3) is 17.7 Å². The predicted molar refractivity (Wildman–Crippen MR) is 262 cm³/mol. The van der Waals surface area contributed by atoms with Crippen LogP contribution in [0, 0.1) is 18.8 Å². The fraction of sp³-hybridized carbons (Fsp3) is 0.385. The summed E-state index contributed by atoms with van der Waals surface area (Å²) in [7, 11) is 0. The van der Waals surface area contributed by atoms with E-state index in [1.165, 1.54) is 6.07 Å². The van der Waals surface area contributed by atoms with E-state index in [1.807, 2.05) is 17.0 Å². The monoisotopic (exact) mass is 1020 g/mol. The van der Waals surface area contributed by atoms with Gasteiger partial charge in [0.2, 0.25) is 17.7 Å². The molecule has 1 unspecified atom stereocenters. The zero-order valence-corrected chi connectivity index (χ0v) is 40.5. The number of hydrogen-bond donors (Lipinski definition) is 3. The van der Waals surface area contributed by atoms with Gasteiger partial charge in [-0.3, -0.25) is 39.0 Å². The first kappa shape index (κ1) is 50.6. The Kier molecular flexibility index (Phi) is 15.1. The second-order valence-electron chi connectivity index (χ2n) is 18.2. The van der Waals surface area contributed by atoms with Gasteiger partial charge in [-0.1, -0.05) is 29.7 Å². The van der Waals surface area contributed by atoms with E-state index >= 15 is 0 Å². The predicted octanol–water partition coefficient (Wildman–Crippen LogP) is 6.65. The molecule has 3 N–H and O–H groups in total. The lowest BCUT2D eigenvalue weighted by Gasteiger charge is -2.37. The molecule has 3 aromatic carbocycles. The molecule has 5 aromatic rings. The number of ether oxygens (including phenoxy) is 2. The number of carbonyl (C=O) groups excluding carboxylic acids is 6. The lowest BCUT2D eigenvalue weighted by atomic mass is 10.0. The van der Waals surface area contributed by atoms with Crippen molar-refractivity contribution in [1.82, 2.24) is 29.7 Å². The van der Waals surface area contributed by atoms with Crippen LogP contribution >= 0.6 is 11.6 Å². The van der Waals surface area contributed by atoms with Crippen molar-refractivity contribution in [1.29, 1.82) is 0 Å². The van der Waals surface area contributed by atoms with Gasteiger partial charge in [-0.05, 0) is 112 Å². The molecule has 0 spiro atoms. The third-order valence-corrected chi connectivity index (χ3v) is 13.6. The topological polar surface area (TPSA) is 197 Å². The minimum Gasteiger partial charge on any atom is -0.382 e. The van der Waals surface area contributed by atoms with Crippen molar-refractivity contribution >= 4 is 69.9 Å². The zero-order chi connectivity index (χ0) is 51.4. The summed E-state index contributed by atoms with van der Waals surface area (Å²) in [6.45, 7) is 5.43. The largest absolute Gasteiger partial charge is 0.416 e. The van der Waals surface area contributed by atoms with Crippen LogP contribution in [0.3, 0.4) is 0 Å². The van der Waals surface area contributed by atoms with Crippen LogP contribution in [0.2, 0.25) is 5.02 Å². The van der Waals surface area contributed by atoms with Crippen molar-refractivity contribution in [2.24, 2.45) is 0 Å². The molecule has 0 radical (unpaired) electrons. The van der Waals surface area contributed by atoms with Gasteiger partial charge in [0.05, 0.1) is 41.7 Å². The first-order valence-corrected chi connectivity index (χ1v) is 24.5. The number of hydrogen-bond acceptors (Lipinski definition) is 12. The van der Waals surface area contributed by atoms with Gasteiger partial charge in [-0.15, -0.1) is 5.10 Å². The van der Waals surface area contributed by atoms with Gasteiger partial charge in [0.15, 0.2) is 5.65 Å². The molecule has 2 aromatic heterocycles. The van der Waals surface area contributed by atoms with E-state index in [2.05, 4.69) is 37.7 Å². The van der Waals surface area contributed by atoms with Gasteiger partial charge in [0.1, 0.15) is 17.6 Å². The molecule has 9 rings (SSSR count). The highest BCUT2D eigenvalue weighted by molar-refractivity contribution is 6.31. The van der Waals surface area contributed by atoms with Crippen LogP contribution < -0.4 is 20.9 Å². The van der Waals surface area contributed by atoms with Crippen molar-refractivity contribution < 1.29 is 51.4 Å². The molecule has 17 nitrogen and oxygen atoms in total. The fourth-order valence-corrected chi connectivity index (χ4v) is 9.77. The van der Waals surface area contributed by atoms with Crippen LogP contribution in [0.1, 0.15) is 105 Å². The summed E-state index contributed by atoms with van der Waals surface area (Å²) in [5, 5.41) is 12.6. The number of aromatic nitrogens is 3. The number of imide groups is 2. The first-order chi connectivity index (χ1) is 35.1. The lowest BCUT2D eigenvalue weighted by molar-refractivity contribution is -0.138. The quantitative estimate of drug-likeness (QED) is 0.0610. The minimum absolute atomic E-state index is 0.0416. The van der Waals surface area contributed by atoms with E-state index in [0.29, 0.717) is 73.8 Å². The standard InChI is InChI=1S/C52H51ClF3N9O8/c1-31-32(5-2-6-39(31)48(68)59-35-28-33(52(54,55)56)27-34(53)29-35)10-11-36-30-58-43-13-14-44(61-65(36)43)62-21-16-37(17-22-62)73-38-18-23-63(24-19-38)46(67)9-4-25-72-26-20-57-41-8-3-7-40-47(41)51(71)64(50(40)70)42-12-15-45(66)60-49(42)69/h2-3,5-8,13-14,27-30,37-38,42,57H,4,9,12,15-26H2,1H3,(H,59,68)(H,60,66,69). The number of rotatable bonds is 14. The molecule has 0 saturated carbocycles. The number of piperidine rings is 3. The van der Waals surface area contributed by atoms with Crippen LogP contribution in [-0.4, -0.2) is 124 Å². The molecule has 21 heteroatoms. The third-order valence-electron chi connectivity index (χ3n) is 13.4. The van der Waals surface area contributed by atoms with Crippen molar-refractivity contribution in [3.63, 3.8) is 0 Å². The first-order valence-electron chi connectivity index (χ1n) is 24.1. The number of fused-ring (bicyclic) bond motifs is 2. The van der Waals surface area contributed by atoms with E-state index in [1.54, 1.807) is 54.0 Å². The van der Waals surface area contributed by atoms with E-state index in [-0.39, 0.29) is 58.4 Å². The Balaban J connectivity index is 0.684. The lowest BCUT2D eigenvalue weighted by Crippen LogP contribution is -2.54. The smallest absolute Gasteiger partial charge is 0.382 e. The van der Waals surface area contributed by atoms with Gasteiger partial charge < -0.3 is 29.9 Å². The molecule has 1 atom stereocenters. The summed E-state index contributed by atoms with van der Waals surface area (Å²) in [6.07, 6.45) is 1.28. The number of carbonyl (C=O) groups is 6. The third kappa shape index (κ3) is 11.5. The number of likely N-dealkylation sites (tertiary alicyclic amines) is 1. The summed E-state index contributed by atoms with van der Waals surface area (Å²) in [4.78, 5) is 86.2. The molecule has 4 aliphatic heterocycles. The molecule has 6 heterocycles. The van der Waals surface area contributed by atoms with E-state index in [4.69, 9.17) is 26.2 Å². The average molecular weight is 1020 g/mol. The maximum atomic E-state index is 13.4. The van der Waals surface area contributed by atoms with Gasteiger partial charge in [-0.2, -0.15) is 13.2 Å². The molecular formula is C52H51ClF3N9O8. The Labute approximate surface area is 422 Å². The second kappa shape index (κ2) is 21.8. The number of imidazole rings is 1. The molecule has 0 bridgehead atoms. The Bertz CT molecular complexity index is 3050. The number of benzene rings is 3. The minimum atomic E-state index is -4.63. The van der Waals surface area contributed by atoms with Gasteiger partial charge >= 0.3 is 6.18 Å². The Hall–Kier alpha value is -7.34. The van der Waals surface area contributed by atoms with Crippen molar-refractivity contribution in [2.45, 2.75) is 82.7 Å². The number of amides is 6. The Morgan fingerprint density at radius 2 is 1.64 bits per heavy atom. The summed E-state index contributed by atoms with van der Waals surface area (Å²) in [5.41, 5.74) is 2.24. The van der Waals surface area contributed by atoms with Crippen LogP contribution in [-0.2, 0) is 30.0 Å². The van der Waals surface area contributed by atoms with E-state index in [0.717, 1.165) is 61.6 Å². The van der Waals surface area contributed by atoms with Crippen LogP contribution in [0.25, 0.3) is 5.65 Å². The molecule has 380 valence electrons. The van der Waals surface area contributed by atoms with Crippen LogP contribution in [0.4, 0.5) is 30.4 Å². The van der Waals surface area contributed by atoms with E-state index in [9.17, 15) is 41.9 Å².